The van der Waals surface area contributed by atoms with E-state index in [0.29, 0.717) is 12.2 Å². The van der Waals surface area contributed by atoms with Crippen LogP contribution in [0.25, 0.3) is 0 Å². The van der Waals surface area contributed by atoms with E-state index in [1.807, 2.05) is 0 Å². The maximum absolute atomic E-state index is 13.0. The largest absolute Gasteiger partial charge is 0.351 e. The van der Waals surface area contributed by atoms with E-state index in [2.05, 4.69) is 10.0 Å². The summed E-state index contributed by atoms with van der Waals surface area (Å²) < 4.78 is 38.0. The zero-order chi connectivity index (χ0) is 18.8. The van der Waals surface area contributed by atoms with Gasteiger partial charge in [-0.2, -0.15) is 0 Å². The van der Waals surface area contributed by atoms with Gasteiger partial charge in [0.25, 0.3) is 0 Å². The Kier molecular flexibility index (Phi) is 5.00. The topological polar surface area (TPSA) is 75.3 Å². The van der Waals surface area contributed by atoms with Crippen molar-refractivity contribution in [2.45, 2.75) is 31.2 Å². The molecule has 7 heteroatoms. The number of carbonyl (C=O) groups is 1. The minimum atomic E-state index is -3.33. The smallest absolute Gasteiger partial charge is 0.230 e. The molecule has 0 radical (unpaired) electrons. The third-order valence-electron chi connectivity index (χ3n) is 4.75. The average molecular weight is 376 g/mol. The molecule has 5 nitrogen and oxygen atoms in total. The van der Waals surface area contributed by atoms with Gasteiger partial charge in [-0.05, 0) is 48.2 Å². The third-order valence-corrected chi connectivity index (χ3v) is 5.36. The van der Waals surface area contributed by atoms with Gasteiger partial charge in [0.1, 0.15) is 5.82 Å². The Morgan fingerprint density at radius 2 is 1.69 bits per heavy atom. The van der Waals surface area contributed by atoms with Gasteiger partial charge in [-0.15, -0.1) is 0 Å². The molecule has 0 spiro atoms. The second-order valence-corrected chi connectivity index (χ2v) is 8.44. The molecule has 0 saturated heterocycles. The minimum Gasteiger partial charge on any atom is -0.351 e. The molecule has 138 valence electrons. The number of nitrogens with one attached hydrogen (secondary N) is 2. The highest BCUT2D eigenvalue weighted by molar-refractivity contribution is 7.92. The number of benzene rings is 2. The Labute approximate surface area is 152 Å². The Hall–Kier alpha value is -2.41. The van der Waals surface area contributed by atoms with E-state index in [0.717, 1.165) is 36.6 Å². The summed E-state index contributed by atoms with van der Waals surface area (Å²) >= 11 is 0. The second kappa shape index (κ2) is 7.07. The molecule has 0 aromatic heterocycles. The van der Waals surface area contributed by atoms with Gasteiger partial charge in [0.15, 0.2) is 0 Å². The molecule has 0 heterocycles. The van der Waals surface area contributed by atoms with Crippen LogP contribution in [0.2, 0.25) is 0 Å². The first-order chi connectivity index (χ1) is 12.3. The number of carbonyl (C=O) groups excluding carboxylic acids is 1. The number of anilines is 1. The number of halogens is 1. The van der Waals surface area contributed by atoms with E-state index in [9.17, 15) is 17.6 Å². The highest BCUT2D eigenvalue weighted by Crippen LogP contribution is 2.44. The van der Waals surface area contributed by atoms with E-state index >= 15 is 0 Å². The first kappa shape index (κ1) is 18.4. The van der Waals surface area contributed by atoms with E-state index in [4.69, 9.17) is 0 Å². The van der Waals surface area contributed by atoms with Gasteiger partial charge in [0.05, 0.1) is 11.7 Å². The number of amides is 1. The minimum absolute atomic E-state index is 0.0584. The molecule has 26 heavy (non-hydrogen) atoms. The van der Waals surface area contributed by atoms with E-state index < -0.39 is 15.4 Å². The van der Waals surface area contributed by atoms with Crippen molar-refractivity contribution in [3.8, 4) is 0 Å². The molecule has 0 bridgehead atoms. The lowest BCUT2D eigenvalue weighted by Gasteiger charge is -2.40. The summed E-state index contributed by atoms with van der Waals surface area (Å²) in [7, 11) is -3.33. The van der Waals surface area contributed by atoms with Crippen LogP contribution in [0, 0.1) is 5.82 Å². The molecular formula is C19H21FN2O3S. The summed E-state index contributed by atoms with van der Waals surface area (Å²) in [5.74, 6) is -0.366. The Bertz CT molecular complexity index is 889. The standard InChI is InChI=1S/C19H21FN2O3S/c1-26(24,25)22-17-9-5-15(6-10-17)19(11-2-12-19)18(23)21-13-14-3-7-16(20)8-4-14/h3-10,22H,2,11-13H2,1H3,(H,21,23). The maximum Gasteiger partial charge on any atom is 0.230 e. The van der Waals surface area contributed by atoms with Crippen molar-refractivity contribution < 1.29 is 17.6 Å². The van der Waals surface area contributed by atoms with Crippen molar-refractivity contribution in [2.24, 2.45) is 0 Å². The molecule has 2 aromatic rings. The molecule has 1 fully saturated rings. The fourth-order valence-electron chi connectivity index (χ4n) is 3.20. The Morgan fingerprint density at radius 3 is 2.19 bits per heavy atom. The van der Waals surface area contributed by atoms with Crippen molar-refractivity contribution in [1.29, 1.82) is 0 Å². The summed E-state index contributed by atoms with van der Waals surface area (Å²) in [5.41, 5.74) is 1.60. The van der Waals surface area contributed by atoms with Gasteiger partial charge in [0.2, 0.25) is 15.9 Å². The van der Waals surface area contributed by atoms with E-state index in [1.54, 1.807) is 36.4 Å². The molecule has 2 aromatic carbocycles. The number of sulfonamides is 1. The third kappa shape index (κ3) is 4.04. The second-order valence-electron chi connectivity index (χ2n) is 6.70. The van der Waals surface area contributed by atoms with Gasteiger partial charge in [-0.25, -0.2) is 12.8 Å². The number of rotatable bonds is 6. The van der Waals surface area contributed by atoms with E-state index in [1.165, 1.54) is 12.1 Å². The lowest BCUT2D eigenvalue weighted by molar-refractivity contribution is -0.130. The number of hydrogen-bond donors (Lipinski definition) is 2. The van der Waals surface area contributed by atoms with E-state index in [-0.39, 0.29) is 11.7 Å². The molecule has 1 saturated carbocycles. The number of hydrogen-bond acceptors (Lipinski definition) is 3. The SMILES string of the molecule is CS(=O)(=O)Nc1ccc(C2(C(=O)NCc3ccc(F)cc3)CCC2)cc1. The lowest BCUT2D eigenvalue weighted by atomic mass is 9.63. The Balaban J connectivity index is 1.71. The molecule has 0 atom stereocenters. The van der Waals surface area contributed by atoms with Crippen LogP contribution in [-0.2, 0) is 26.8 Å². The predicted octanol–water partition coefficient (Wildman–Crippen LogP) is 2.94. The molecule has 0 unspecified atom stereocenters. The monoisotopic (exact) mass is 376 g/mol. The van der Waals surface area contributed by atoms with Gasteiger partial charge in [-0.1, -0.05) is 30.7 Å². The fraction of sp³-hybridized carbons (Fsp3) is 0.316. The molecule has 0 aliphatic heterocycles. The van der Waals surface area contributed by atoms with Crippen molar-refractivity contribution in [3.05, 3.63) is 65.5 Å². The highest BCUT2D eigenvalue weighted by Gasteiger charge is 2.45. The summed E-state index contributed by atoms with van der Waals surface area (Å²) in [4.78, 5) is 12.8. The van der Waals surface area contributed by atoms with Crippen molar-refractivity contribution in [1.82, 2.24) is 5.32 Å². The summed E-state index contributed by atoms with van der Waals surface area (Å²) in [6.45, 7) is 0.342. The molecular weight excluding hydrogens is 355 g/mol. The molecule has 1 amide bonds. The van der Waals surface area contributed by atoms with Gasteiger partial charge >= 0.3 is 0 Å². The van der Waals surface area contributed by atoms with Crippen LogP contribution < -0.4 is 10.0 Å². The average Bonchev–Trinajstić information content (AvgIpc) is 2.53. The van der Waals surface area contributed by atoms with Gasteiger partial charge < -0.3 is 5.32 Å². The zero-order valence-corrected chi connectivity index (χ0v) is 15.3. The van der Waals surface area contributed by atoms with Crippen molar-refractivity contribution in [3.63, 3.8) is 0 Å². The van der Waals surface area contributed by atoms with Gasteiger partial charge in [-0.3, -0.25) is 9.52 Å². The highest BCUT2D eigenvalue weighted by atomic mass is 32.2. The quantitative estimate of drug-likeness (QED) is 0.814. The first-order valence-electron chi connectivity index (χ1n) is 8.40. The summed E-state index contributed by atoms with van der Waals surface area (Å²) in [5, 5.41) is 2.94. The van der Waals surface area contributed by atoms with Crippen LogP contribution in [0.3, 0.4) is 0 Å². The van der Waals surface area contributed by atoms with Crippen LogP contribution in [-0.4, -0.2) is 20.6 Å². The molecule has 1 aliphatic rings. The summed E-state index contributed by atoms with van der Waals surface area (Å²) in [6, 6.07) is 13.0. The van der Waals surface area contributed by atoms with Crippen molar-refractivity contribution in [2.75, 3.05) is 11.0 Å². The lowest BCUT2D eigenvalue weighted by Crippen LogP contribution is -2.49. The fourth-order valence-corrected chi connectivity index (χ4v) is 3.77. The first-order valence-corrected chi connectivity index (χ1v) is 10.3. The zero-order valence-electron chi connectivity index (χ0n) is 14.5. The van der Waals surface area contributed by atoms with Crippen LogP contribution in [0.1, 0.15) is 30.4 Å². The van der Waals surface area contributed by atoms with Gasteiger partial charge in [0, 0.05) is 12.2 Å². The summed E-state index contributed by atoms with van der Waals surface area (Å²) in [6.07, 6.45) is 3.56. The molecule has 3 rings (SSSR count). The van der Waals surface area contributed by atoms with Crippen LogP contribution in [0.15, 0.2) is 48.5 Å². The normalized spacial score (nSPS) is 15.8. The molecule has 2 N–H and O–H groups in total. The molecule has 1 aliphatic carbocycles. The van der Waals surface area contributed by atoms with Crippen LogP contribution in [0.5, 0.6) is 0 Å². The van der Waals surface area contributed by atoms with Crippen LogP contribution >= 0.6 is 0 Å². The van der Waals surface area contributed by atoms with Crippen molar-refractivity contribution >= 4 is 21.6 Å². The Morgan fingerprint density at radius 1 is 1.08 bits per heavy atom. The maximum atomic E-state index is 13.0. The van der Waals surface area contributed by atoms with Crippen LogP contribution in [0.4, 0.5) is 10.1 Å². The predicted molar refractivity (Wildman–Crippen MR) is 98.7 cm³/mol.